The van der Waals surface area contributed by atoms with Crippen LogP contribution in [0.2, 0.25) is 0 Å². The smallest absolute Gasteiger partial charge is 0.399 e. The fourth-order valence-electron chi connectivity index (χ4n) is 1.62. The van der Waals surface area contributed by atoms with Gasteiger partial charge in [0.05, 0.1) is 12.0 Å². The van der Waals surface area contributed by atoms with Gasteiger partial charge in [-0.3, -0.25) is 0 Å². The molecular weight excluding hydrogens is 231 g/mol. The van der Waals surface area contributed by atoms with Crippen molar-refractivity contribution in [2.24, 2.45) is 7.05 Å². The number of hydrogen-bond donors (Lipinski definition) is 1. The van der Waals surface area contributed by atoms with Crippen molar-refractivity contribution >= 4 is 5.69 Å². The van der Waals surface area contributed by atoms with Crippen LogP contribution in [0.5, 0.6) is 0 Å². The lowest BCUT2D eigenvalue weighted by molar-refractivity contribution is -0.140. The molecule has 1 aromatic heterocycles. The van der Waals surface area contributed by atoms with Crippen molar-refractivity contribution < 1.29 is 13.2 Å². The first-order valence-corrected chi connectivity index (χ1v) is 4.84. The summed E-state index contributed by atoms with van der Waals surface area (Å²) in [6.45, 7) is 0. The predicted molar refractivity (Wildman–Crippen MR) is 58.1 cm³/mol. The lowest BCUT2D eigenvalue weighted by atomic mass is 10.1. The first-order valence-electron chi connectivity index (χ1n) is 4.84. The lowest BCUT2D eigenvalue weighted by Gasteiger charge is -2.09. The molecule has 0 unspecified atom stereocenters. The van der Waals surface area contributed by atoms with E-state index in [-0.39, 0.29) is 5.69 Å². The van der Waals surface area contributed by atoms with Gasteiger partial charge in [0.1, 0.15) is 0 Å². The summed E-state index contributed by atoms with van der Waals surface area (Å²) < 4.78 is 39.5. The number of aryl methyl sites for hydroxylation is 1. The largest absolute Gasteiger partial charge is 0.435 e. The third-order valence-corrected chi connectivity index (χ3v) is 2.39. The van der Waals surface area contributed by atoms with Gasteiger partial charge in [0.15, 0.2) is 5.69 Å². The van der Waals surface area contributed by atoms with E-state index in [4.69, 9.17) is 5.73 Å². The molecule has 0 fully saturated rings. The van der Waals surface area contributed by atoms with E-state index >= 15 is 0 Å². The van der Waals surface area contributed by atoms with Crippen LogP contribution in [0, 0.1) is 0 Å². The quantitative estimate of drug-likeness (QED) is 0.780. The zero-order valence-electron chi connectivity index (χ0n) is 8.99. The molecule has 1 heterocycles. The summed E-state index contributed by atoms with van der Waals surface area (Å²) in [5.41, 5.74) is 5.59. The maximum Gasteiger partial charge on any atom is 0.435 e. The number of imidazole rings is 1. The third-order valence-electron chi connectivity index (χ3n) is 2.39. The topological polar surface area (TPSA) is 43.8 Å². The van der Waals surface area contributed by atoms with Crippen LogP contribution >= 0.6 is 0 Å². The fourth-order valence-corrected chi connectivity index (χ4v) is 1.62. The van der Waals surface area contributed by atoms with Gasteiger partial charge in [-0.2, -0.15) is 13.2 Å². The minimum absolute atomic E-state index is 0.0394. The Morgan fingerprint density at radius 3 is 2.29 bits per heavy atom. The molecule has 3 nitrogen and oxygen atoms in total. The first-order chi connectivity index (χ1) is 7.89. The Morgan fingerprint density at radius 1 is 1.18 bits per heavy atom. The predicted octanol–water partition coefficient (Wildman–Crippen LogP) is 2.69. The Kier molecular flexibility index (Phi) is 2.57. The average Bonchev–Trinajstić information content (AvgIpc) is 2.61. The molecule has 0 saturated heterocycles. The Balaban J connectivity index is 2.59. The molecular formula is C11H10F3N3. The lowest BCUT2D eigenvalue weighted by Crippen LogP contribution is -2.08. The van der Waals surface area contributed by atoms with Crippen LogP contribution in [-0.4, -0.2) is 9.55 Å². The second-order valence-electron chi connectivity index (χ2n) is 3.67. The minimum atomic E-state index is -4.46. The Labute approximate surface area is 95.7 Å². The summed E-state index contributed by atoms with van der Waals surface area (Å²) >= 11 is 0. The van der Waals surface area contributed by atoms with Gasteiger partial charge in [-0.15, -0.1) is 0 Å². The summed E-state index contributed by atoms with van der Waals surface area (Å²) in [4.78, 5) is 3.39. The molecule has 0 aliphatic carbocycles. The number of hydrogen-bond acceptors (Lipinski definition) is 2. The minimum Gasteiger partial charge on any atom is -0.399 e. The van der Waals surface area contributed by atoms with Crippen molar-refractivity contribution in [1.29, 1.82) is 0 Å². The number of benzene rings is 1. The van der Waals surface area contributed by atoms with E-state index in [9.17, 15) is 13.2 Å². The maximum atomic E-state index is 12.7. The highest BCUT2D eigenvalue weighted by Crippen LogP contribution is 2.35. The average molecular weight is 241 g/mol. The highest BCUT2D eigenvalue weighted by Gasteiger charge is 2.37. The van der Waals surface area contributed by atoms with Crippen molar-refractivity contribution in [3.8, 4) is 11.3 Å². The summed E-state index contributed by atoms with van der Waals surface area (Å²) in [5.74, 6) is 0. The van der Waals surface area contributed by atoms with Gasteiger partial charge in [0.25, 0.3) is 0 Å². The molecule has 0 amide bonds. The molecule has 0 aliphatic heterocycles. The maximum absolute atomic E-state index is 12.7. The molecule has 0 radical (unpaired) electrons. The van der Waals surface area contributed by atoms with Crippen LogP contribution in [0.15, 0.2) is 30.6 Å². The number of nitrogens with two attached hydrogens (primary N) is 1. The standard InChI is InChI=1S/C11H10F3N3/c1-17-6-16-10(11(12,13)14)9(17)7-2-4-8(15)5-3-7/h2-6H,15H2,1H3. The van der Waals surface area contributed by atoms with Crippen LogP contribution in [0.1, 0.15) is 5.69 Å². The molecule has 0 aliphatic rings. The van der Waals surface area contributed by atoms with Crippen LogP contribution in [0.25, 0.3) is 11.3 Å². The fraction of sp³-hybridized carbons (Fsp3) is 0.182. The van der Waals surface area contributed by atoms with E-state index in [0.29, 0.717) is 11.3 Å². The van der Waals surface area contributed by atoms with Crippen molar-refractivity contribution in [1.82, 2.24) is 9.55 Å². The molecule has 2 aromatic rings. The van der Waals surface area contributed by atoms with Gasteiger partial charge in [-0.25, -0.2) is 4.98 Å². The number of nitrogen functional groups attached to an aromatic ring is 1. The van der Waals surface area contributed by atoms with Gasteiger partial charge < -0.3 is 10.3 Å². The SMILES string of the molecule is Cn1cnc(C(F)(F)F)c1-c1ccc(N)cc1. The summed E-state index contributed by atoms with van der Waals surface area (Å²) in [5, 5.41) is 0. The first kappa shape index (κ1) is 11.5. The molecule has 0 bridgehead atoms. The zero-order valence-corrected chi connectivity index (χ0v) is 8.99. The Bertz CT molecular complexity index is 526. The molecule has 6 heteroatoms. The molecule has 0 spiro atoms. The van der Waals surface area contributed by atoms with E-state index < -0.39 is 11.9 Å². The molecule has 0 saturated carbocycles. The van der Waals surface area contributed by atoms with Gasteiger partial charge in [-0.05, 0) is 12.1 Å². The second-order valence-corrected chi connectivity index (χ2v) is 3.67. The van der Waals surface area contributed by atoms with E-state index in [1.54, 1.807) is 24.3 Å². The number of nitrogens with zero attached hydrogens (tertiary/aromatic N) is 2. The highest BCUT2D eigenvalue weighted by atomic mass is 19.4. The summed E-state index contributed by atoms with van der Waals surface area (Å²) in [7, 11) is 1.52. The van der Waals surface area contributed by atoms with Gasteiger partial charge in [0, 0.05) is 18.3 Å². The number of aromatic nitrogens is 2. The highest BCUT2D eigenvalue weighted by molar-refractivity contribution is 5.65. The molecule has 2 N–H and O–H groups in total. The van der Waals surface area contributed by atoms with Crippen molar-refractivity contribution in [3.63, 3.8) is 0 Å². The second kappa shape index (κ2) is 3.80. The molecule has 17 heavy (non-hydrogen) atoms. The summed E-state index contributed by atoms with van der Waals surface area (Å²) in [6, 6.07) is 6.20. The van der Waals surface area contributed by atoms with Crippen molar-refractivity contribution in [2.45, 2.75) is 6.18 Å². The number of anilines is 1. The van der Waals surface area contributed by atoms with Gasteiger partial charge in [-0.1, -0.05) is 12.1 Å². The summed E-state index contributed by atoms with van der Waals surface area (Å²) in [6.07, 6.45) is -3.31. The van der Waals surface area contributed by atoms with Crippen LogP contribution in [0.4, 0.5) is 18.9 Å². The zero-order chi connectivity index (χ0) is 12.6. The molecule has 2 rings (SSSR count). The molecule has 0 atom stereocenters. The van der Waals surface area contributed by atoms with Gasteiger partial charge >= 0.3 is 6.18 Å². The van der Waals surface area contributed by atoms with Crippen LogP contribution in [-0.2, 0) is 13.2 Å². The van der Waals surface area contributed by atoms with E-state index in [1.807, 2.05) is 0 Å². The van der Waals surface area contributed by atoms with Crippen LogP contribution < -0.4 is 5.73 Å². The third kappa shape index (κ3) is 2.11. The Hall–Kier alpha value is -1.98. The normalized spacial score (nSPS) is 11.8. The monoisotopic (exact) mass is 241 g/mol. The van der Waals surface area contributed by atoms with Crippen LogP contribution in [0.3, 0.4) is 0 Å². The number of alkyl halides is 3. The van der Waals surface area contributed by atoms with Gasteiger partial charge in [0.2, 0.25) is 0 Å². The van der Waals surface area contributed by atoms with E-state index in [0.717, 1.165) is 6.33 Å². The molecule has 1 aromatic carbocycles. The number of rotatable bonds is 1. The van der Waals surface area contributed by atoms with Crippen molar-refractivity contribution in [2.75, 3.05) is 5.73 Å². The molecule has 90 valence electrons. The Morgan fingerprint density at radius 2 is 1.76 bits per heavy atom. The number of halogens is 3. The van der Waals surface area contributed by atoms with E-state index in [1.165, 1.54) is 11.6 Å². The van der Waals surface area contributed by atoms with E-state index in [2.05, 4.69) is 4.98 Å². The van der Waals surface area contributed by atoms with Crippen molar-refractivity contribution in [3.05, 3.63) is 36.3 Å².